The first-order valence-corrected chi connectivity index (χ1v) is 11.2. The lowest BCUT2D eigenvalue weighted by Gasteiger charge is -2.21. The second kappa shape index (κ2) is 12.1. The number of nitrogens with two attached hydrogens (primary N) is 1. The summed E-state index contributed by atoms with van der Waals surface area (Å²) in [6.45, 7) is 8.63. The van der Waals surface area contributed by atoms with Gasteiger partial charge >= 0.3 is 0 Å². The number of hydrogen-bond acceptors (Lipinski definition) is 5. The Balaban J connectivity index is 0.00000216. The first kappa shape index (κ1) is 28.2. The number of carbonyl (C=O) groups excluding carboxylic acids is 1. The van der Waals surface area contributed by atoms with Crippen LogP contribution in [-0.2, 0) is 13.0 Å². The molecular formula is C27H31Cl2N5O. The van der Waals surface area contributed by atoms with Gasteiger partial charge in [-0.15, -0.1) is 24.8 Å². The molecule has 2 aromatic carbocycles. The topological polar surface area (TPSA) is 93.8 Å². The van der Waals surface area contributed by atoms with Gasteiger partial charge in [0.1, 0.15) is 5.69 Å². The van der Waals surface area contributed by atoms with Crippen molar-refractivity contribution in [2.45, 2.75) is 40.7 Å². The maximum Gasteiger partial charge on any atom is 0.275 e. The standard InChI is InChI=1S/C27H29N5O.2ClH/c1-16(2)13-23-20(14-28)25(19-11-9-17(3)10-12-19)26(18(4)30-23)32-27(33)24-15-29-21-7-5-6-8-22(21)31-24;;/h5-12,15-16H,13-14,28H2,1-4H3,(H,32,33);2*1H. The smallest absolute Gasteiger partial charge is 0.275 e. The van der Waals surface area contributed by atoms with Crippen molar-refractivity contribution in [1.82, 2.24) is 15.0 Å². The predicted octanol–water partition coefficient (Wildman–Crippen LogP) is 6.06. The zero-order valence-corrected chi connectivity index (χ0v) is 22.0. The number of aryl methyl sites for hydroxylation is 2. The Bertz CT molecular complexity index is 1320. The van der Waals surface area contributed by atoms with Gasteiger partial charge in [0, 0.05) is 17.8 Å². The average molecular weight is 512 g/mol. The number of aromatic nitrogens is 3. The van der Waals surface area contributed by atoms with Crippen LogP contribution in [0.4, 0.5) is 5.69 Å². The number of para-hydroxylation sites is 2. The van der Waals surface area contributed by atoms with Crippen LogP contribution in [0.5, 0.6) is 0 Å². The Hall–Kier alpha value is -3.06. The zero-order chi connectivity index (χ0) is 23.5. The molecule has 0 bridgehead atoms. The highest BCUT2D eigenvalue weighted by Crippen LogP contribution is 2.36. The fourth-order valence-corrected chi connectivity index (χ4v) is 4.01. The van der Waals surface area contributed by atoms with Gasteiger partial charge in [-0.05, 0) is 49.4 Å². The number of fused-ring (bicyclic) bond motifs is 1. The molecule has 0 aliphatic rings. The summed E-state index contributed by atoms with van der Waals surface area (Å²) in [6.07, 6.45) is 2.32. The predicted molar refractivity (Wildman–Crippen MR) is 148 cm³/mol. The molecule has 2 aromatic heterocycles. The van der Waals surface area contributed by atoms with Gasteiger partial charge in [-0.3, -0.25) is 14.8 Å². The highest BCUT2D eigenvalue weighted by Gasteiger charge is 2.21. The van der Waals surface area contributed by atoms with E-state index in [4.69, 9.17) is 10.7 Å². The van der Waals surface area contributed by atoms with Gasteiger partial charge in [0.05, 0.1) is 28.6 Å². The van der Waals surface area contributed by atoms with Crippen LogP contribution >= 0.6 is 24.8 Å². The number of carbonyl (C=O) groups is 1. The van der Waals surface area contributed by atoms with Crippen molar-refractivity contribution < 1.29 is 4.79 Å². The second-order valence-electron chi connectivity index (χ2n) is 8.74. The molecule has 35 heavy (non-hydrogen) atoms. The Morgan fingerprint density at radius 3 is 2.26 bits per heavy atom. The van der Waals surface area contributed by atoms with E-state index in [0.717, 1.165) is 40.0 Å². The summed E-state index contributed by atoms with van der Waals surface area (Å²) < 4.78 is 0. The molecule has 6 nitrogen and oxygen atoms in total. The van der Waals surface area contributed by atoms with Crippen LogP contribution in [0.1, 0.15) is 46.9 Å². The fourth-order valence-electron chi connectivity index (χ4n) is 4.01. The lowest BCUT2D eigenvalue weighted by Crippen LogP contribution is -2.19. The minimum Gasteiger partial charge on any atom is -0.326 e. The number of nitrogens with one attached hydrogen (secondary N) is 1. The zero-order valence-electron chi connectivity index (χ0n) is 20.3. The number of benzene rings is 2. The summed E-state index contributed by atoms with van der Waals surface area (Å²) in [6, 6.07) is 15.7. The molecule has 1 amide bonds. The minimum absolute atomic E-state index is 0. The molecule has 184 valence electrons. The summed E-state index contributed by atoms with van der Waals surface area (Å²) in [7, 11) is 0. The molecule has 4 rings (SSSR count). The van der Waals surface area contributed by atoms with Crippen LogP contribution < -0.4 is 11.1 Å². The molecular weight excluding hydrogens is 481 g/mol. The Morgan fingerprint density at radius 2 is 1.63 bits per heavy atom. The molecule has 4 aromatic rings. The molecule has 0 atom stereocenters. The number of anilines is 1. The lowest BCUT2D eigenvalue weighted by molar-refractivity contribution is 0.102. The van der Waals surface area contributed by atoms with Crippen LogP contribution in [0.25, 0.3) is 22.2 Å². The normalized spacial score (nSPS) is 10.6. The van der Waals surface area contributed by atoms with Gasteiger partial charge in [0.25, 0.3) is 5.91 Å². The van der Waals surface area contributed by atoms with Crippen molar-refractivity contribution in [1.29, 1.82) is 0 Å². The van der Waals surface area contributed by atoms with Crippen molar-refractivity contribution in [2.24, 2.45) is 11.7 Å². The molecule has 0 spiro atoms. The Morgan fingerprint density at radius 1 is 0.971 bits per heavy atom. The molecule has 0 unspecified atom stereocenters. The molecule has 0 aliphatic heterocycles. The van der Waals surface area contributed by atoms with Crippen LogP contribution in [0, 0.1) is 19.8 Å². The van der Waals surface area contributed by atoms with Crippen LogP contribution in [0.3, 0.4) is 0 Å². The Kier molecular flexibility index (Phi) is 9.72. The van der Waals surface area contributed by atoms with Gasteiger partial charge in [-0.25, -0.2) is 4.98 Å². The summed E-state index contributed by atoms with van der Waals surface area (Å²) in [5, 5.41) is 3.07. The fraction of sp³-hybridized carbons (Fsp3) is 0.259. The van der Waals surface area contributed by atoms with E-state index in [-0.39, 0.29) is 36.4 Å². The third-order valence-corrected chi connectivity index (χ3v) is 5.63. The first-order chi connectivity index (χ1) is 15.9. The van der Waals surface area contributed by atoms with E-state index in [1.165, 1.54) is 11.8 Å². The maximum absolute atomic E-state index is 13.2. The summed E-state index contributed by atoms with van der Waals surface area (Å²) in [5.74, 6) is 0.104. The number of rotatable bonds is 6. The van der Waals surface area contributed by atoms with Gasteiger partial charge in [0.2, 0.25) is 0 Å². The highest BCUT2D eigenvalue weighted by molar-refractivity contribution is 6.06. The molecule has 0 fully saturated rings. The van der Waals surface area contributed by atoms with E-state index >= 15 is 0 Å². The van der Waals surface area contributed by atoms with Gasteiger partial charge in [0.15, 0.2) is 0 Å². The first-order valence-electron chi connectivity index (χ1n) is 11.2. The van der Waals surface area contributed by atoms with E-state index in [1.54, 1.807) is 0 Å². The van der Waals surface area contributed by atoms with E-state index in [0.29, 0.717) is 23.7 Å². The van der Waals surface area contributed by atoms with Crippen molar-refractivity contribution in [3.63, 3.8) is 0 Å². The molecule has 0 saturated carbocycles. The number of amides is 1. The van der Waals surface area contributed by atoms with E-state index in [9.17, 15) is 4.79 Å². The molecule has 0 radical (unpaired) electrons. The Labute approximate surface area is 218 Å². The molecule has 3 N–H and O–H groups in total. The molecule has 0 saturated heterocycles. The van der Waals surface area contributed by atoms with Crippen molar-refractivity contribution in [3.8, 4) is 11.1 Å². The average Bonchev–Trinajstić information content (AvgIpc) is 2.80. The maximum atomic E-state index is 13.2. The third kappa shape index (κ3) is 6.14. The minimum atomic E-state index is -0.328. The van der Waals surface area contributed by atoms with Crippen molar-refractivity contribution in [2.75, 3.05) is 5.32 Å². The molecule has 0 aliphatic carbocycles. The van der Waals surface area contributed by atoms with Gasteiger partial charge in [-0.2, -0.15) is 0 Å². The SMILES string of the molecule is Cc1ccc(-c2c(CN)c(CC(C)C)nc(C)c2NC(=O)c2cnc3ccccc3n2)cc1.Cl.Cl. The quantitative estimate of drug-likeness (QED) is 0.328. The van der Waals surface area contributed by atoms with Gasteiger partial charge < -0.3 is 11.1 Å². The van der Waals surface area contributed by atoms with E-state index < -0.39 is 0 Å². The number of pyridine rings is 1. The summed E-state index contributed by atoms with van der Waals surface area (Å²) in [4.78, 5) is 27.0. The summed E-state index contributed by atoms with van der Waals surface area (Å²) in [5.41, 5.74) is 14.3. The largest absolute Gasteiger partial charge is 0.326 e. The molecule has 2 heterocycles. The van der Waals surface area contributed by atoms with Crippen molar-refractivity contribution >= 4 is 47.4 Å². The second-order valence-corrected chi connectivity index (χ2v) is 8.74. The number of hydrogen-bond donors (Lipinski definition) is 2. The van der Waals surface area contributed by atoms with Crippen LogP contribution in [0.15, 0.2) is 54.7 Å². The lowest BCUT2D eigenvalue weighted by atomic mass is 9.92. The number of nitrogens with zero attached hydrogens (tertiary/aromatic N) is 3. The third-order valence-electron chi connectivity index (χ3n) is 5.63. The van der Waals surface area contributed by atoms with E-state index in [2.05, 4.69) is 60.3 Å². The number of halogens is 2. The van der Waals surface area contributed by atoms with Crippen LogP contribution in [0.2, 0.25) is 0 Å². The summed E-state index contributed by atoms with van der Waals surface area (Å²) >= 11 is 0. The van der Waals surface area contributed by atoms with Gasteiger partial charge in [-0.1, -0.05) is 55.8 Å². The molecule has 8 heteroatoms. The van der Waals surface area contributed by atoms with Crippen LogP contribution in [-0.4, -0.2) is 20.9 Å². The van der Waals surface area contributed by atoms with Crippen molar-refractivity contribution in [3.05, 3.63) is 82.9 Å². The monoisotopic (exact) mass is 511 g/mol. The van der Waals surface area contributed by atoms with E-state index in [1.807, 2.05) is 31.2 Å². The highest BCUT2D eigenvalue weighted by atomic mass is 35.5.